The summed E-state index contributed by atoms with van der Waals surface area (Å²) in [7, 11) is 0. The van der Waals surface area contributed by atoms with Gasteiger partial charge in [0.25, 0.3) is 4.84 Å². The van der Waals surface area contributed by atoms with Gasteiger partial charge in [0.2, 0.25) is 11.8 Å². The molecular weight excluding hydrogens is 338 g/mol. The first-order valence-electron chi connectivity index (χ1n) is 8.13. The summed E-state index contributed by atoms with van der Waals surface area (Å²) in [5.41, 5.74) is 0.827. The van der Waals surface area contributed by atoms with Crippen LogP contribution in [0.1, 0.15) is 0 Å². The third-order valence-electron chi connectivity index (χ3n) is 4.19. The Bertz CT molecular complexity index is 872. The fourth-order valence-electron chi connectivity index (χ4n) is 2.86. The predicted octanol–water partition coefficient (Wildman–Crippen LogP) is 0.420. The SMILES string of the molecule is S=c1oc(-c2cccnc2)nn1C[NH+]1CCN(c2ncccn2)CC1. The fraction of sp³-hybridized carbons (Fsp3) is 0.312. The third kappa shape index (κ3) is 3.57. The first kappa shape index (κ1) is 15.9. The Kier molecular flexibility index (Phi) is 4.49. The molecule has 25 heavy (non-hydrogen) atoms. The molecule has 0 spiro atoms. The largest absolute Gasteiger partial charge is 0.409 e. The van der Waals surface area contributed by atoms with Crippen LogP contribution < -0.4 is 9.80 Å². The molecule has 4 rings (SSSR count). The minimum Gasteiger partial charge on any atom is -0.409 e. The van der Waals surface area contributed by atoms with Crippen molar-refractivity contribution in [3.63, 3.8) is 0 Å². The van der Waals surface area contributed by atoms with Crippen LogP contribution in [0.15, 0.2) is 47.4 Å². The number of nitrogens with one attached hydrogen (secondary N) is 1. The molecule has 3 aromatic rings. The molecule has 1 saturated heterocycles. The van der Waals surface area contributed by atoms with Crippen molar-refractivity contribution in [3.05, 3.63) is 47.8 Å². The third-order valence-corrected chi connectivity index (χ3v) is 4.49. The van der Waals surface area contributed by atoms with Gasteiger partial charge in [-0.2, -0.15) is 4.68 Å². The van der Waals surface area contributed by atoms with E-state index in [2.05, 4.69) is 25.0 Å². The lowest BCUT2D eigenvalue weighted by Crippen LogP contribution is -3.14. The van der Waals surface area contributed by atoms with E-state index in [1.165, 1.54) is 4.90 Å². The molecule has 8 nitrogen and oxygen atoms in total. The van der Waals surface area contributed by atoms with Crippen LogP contribution in [0.25, 0.3) is 11.5 Å². The van der Waals surface area contributed by atoms with Gasteiger partial charge in [-0.1, -0.05) is 0 Å². The summed E-state index contributed by atoms with van der Waals surface area (Å²) < 4.78 is 7.37. The number of anilines is 1. The Labute approximate surface area is 149 Å². The van der Waals surface area contributed by atoms with E-state index in [0.717, 1.165) is 37.7 Å². The van der Waals surface area contributed by atoms with Crippen LogP contribution >= 0.6 is 12.2 Å². The normalized spacial score (nSPS) is 15.4. The van der Waals surface area contributed by atoms with Crippen molar-refractivity contribution >= 4 is 18.2 Å². The number of quaternary nitrogens is 1. The molecule has 3 aromatic heterocycles. The van der Waals surface area contributed by atoms with Crippen LogP contribution in [0, 0.1) is 4.84 Å². The molecule has 0 radical (unpaired) electrons. The van der Waals surface area contributed by atoms with Crippen molar-refractivity contribution in [1.82, 2.24) is 24.7 Å². The molecule has 0 saturated carbocycles. The number of hydrogen-bond donors (Lipinski definition) is 1. The van der Waals surface area contributed by atoms with E-state index in [4.69, 9.17) is 16.6 Å². The van der Waals surface area contributed by atoms with Crippen molar-refractivity contribution in [1.29, 1.82) is 0 Å². The Morgan fingerprint density at radius 1 is 1.12 bits per heavy atom. The van der Waals surface area contributed by atoms with Gasteiger partial charge in [0.05, 0.1) is 31.7 Å². The summed E-state index contributed by atoms with van der Waals surface area (Å²) in [5, 5.41) is 4.50. The summed E-state index contributed by atoms with van der Waals surface area (Å²) in [6, 6.07) is 5.59. The molecule has 1 aliphatic heterocycles. The molecule has 0 amide bonds. The van der Waals surface area contributed by atoms with Gasteiger partial charge in [0.1, 0.15) is 0 Å². The second-order valence-electron chi connectivity index (χ2n) is 5.86. The summed E-state index contributed by atoms with van der Waals surface area (Å²) in [4.78, 5) is 16.7. The molecule has 0 aromatic carbocycles. The van der Waals surface area contributed by atoms with Crippen molar-refractivity contribution in [2.75, 3.05) is 31.1 Å². The van der Waals surface area contributed by atoms with Crippen LogP contribution in [0.5, 0.6) is 0 Å². The Morgan fingerprint density at radius 2 is 1.92 bits per heavy atom. The number of pyridine rings is 1. The molecule has 9 heteroatoms. The smallest absolute Gasteiger partial charge is 0.292 e. The molecule has 0 unspecified atom stereocenters. The Balaban J connectivity index is 1.41. The molecule has 128 valence electrons. The first-order chi connectivity index (χ1) is 12.3. The standard InChI is InChI=1S/C16H17N7OS/c25-16-23(20-14(24-16)13-3-1-4-17-11-13)12-21-7-9-22(10-8-21)15-18-5-2-6-19-15/h1-6,11H,7-10,12H2/p+1. The second-order valence-corrected chi connectivity index (χ2v) is 6.21. The molecule has 1 aliphatic rings. The average molecular weight is 356 g/mol. The molecule has 4 heterocycles. The van der Waals surface area contributed by atoms with Crippen molar-refractivity contribution in [2.45, 2.75) is 6.67 Å². The zero-order valence-electron chi connectivity index (χ0n) is 13.6. The van der Waals surface area contributed by atoms with E-state index in [9.17, 15) is 0 Å². The van der Waals surface area contributed by atoms with Gasteiger partial charge in [-0.15, -0.1) is 5.10 Å². The van der Waals surface area contributed by atoms with Gasteiger partial charge >= 0.3 is 0 Å². The molecule has 1 N–H and O–H groups in total. The minimum atomic E-state index is 0.389. The zero-order valence-corrected chi connectivity index (χ0v) is 14.4. The van der Waals surface area contributed by atoms with Crippen LogP contribution in [-0.4, -0.2) is 50.9 Å². The number of piperazine rings is 1. The number of aromatic nitrogens is 5. The van der Waals surface area contributed by atoms with Gasteiger partial charge in [-0.05, 0) is 30.4 Å². The maximum Gasteiger partial charge on any atom is 0.292 e. The van der Waals surface area contributed by atoms with E-state index in [1.54, 1.807) is 29.5 Å². The highest BCUT2D eigenvalue weighted by atomic mass is 32.1. The Morgan fingerprint density at radius 3 is 2.64 bits per heavy atom. The van der Waals surface area contributed by atoms with Gasteiger partial charge in [-0.3, -0.25) is 4.98 Å². The molecule has 1 fully saturated rings. The monoisotopic (exact) mass is 356 g/mol. The summed E-state index contributed by atoms with van der Waals surface area (Å²) in [6.07, 6.45) is 6.98. The molecule has 0 atom stereocenters. The van der Waals surface area contributed by atoms with Crippen molar-refractivity contribution in [2.24, 2.45) is 0 Å². The summed E-state index contributed by atoms with van der Waals surface area (Å²) >= 11 is 5.31. The highest BCUT2D eigenvalue weighted by molar-refractivity contribution is 7.71. The quantitative estimate of drug-likeness (QED) is 0.679. The van der Waals surface area contributed by atoms with E-state index in [-0.39, 0.29) is 0 Å². The number of hydrogen-bond acceptors (Lipinski definition) is 7. The maximum atomic E-state index is 5.62. The van der Waals surface area contributed by atoms with Crippen LogP contribution in [-0.2, 0) is 6.67 Å². The predicted molar refractivity (Wildman–Crippen MR) is 93.5 cm³/mol. The zero-order chi connectivity index (χ0) is 17.1. The van der Waals surface area contributed by atoms with Crippen molar-refractivity contribution in [3.8, 4) is 11.5 Å². The first-order valence-corrected chi connectivity index (χ1v) is 8.54. The van der Waals surface area contributed by atoms with E-state index >= 15 is 0 Å². The lowest BCUT2D eigenvalue weighted by molar-refractivity contribution is -0.924. The lowest BCUT2D eigenvalue weighted by Gasteiger charge is -2.31. The molecular formula is C16H18N7OS+. The van der Waals surface area contributed by atoms with Crippen molar-refractivity contribution < 1.29 is 9.32 Å². The van der Waals surface area contributed by atoms with Crippen LogP contribution in [0.4, 0.5) is 5.95 Å². The average Bonchev–Trinajstić information content (AvgIpc) is 3.04. The molecule has 0 bridgehead atoms. The maximum absolute atomic E-state index is 5.62. The summed E-state index contributed by atoms with van der Waals surface area (Å²) in [5.74, 6) is 1.30. The van der Waals surface area contributed by atoms with E-state index < -0.39 is 0 Å². The number of nitrogens with zero attached hydrogens (tertiary/aromatic N) is 6. The minimum absolute atomic E-state index is 0.389. The van der Waals surface area contributed by atoms with Crippen LogP contribution in [0.3, 0.4) is 0 Å². The van der Waals surface area contributed by atoms with Gasteiger partial charge in [-0.25, -0.2) is 9.97 Å². The van der Waals surface area contributed by atoms with Crippen LogP contribution in [0.2, 0.25) is 0 Å². The van der Waals surface area contributed by atoms with Gasteiger partial charge < -0.3 is 14.2 Å². The van der Waals surface area contributed by atoms with Gasteiger partial charge in [0, 0.05) is 24.8 Å². The fourth-order valence-corrected chi connectivity index (χ4v) is 3.04. The lowest BCUT2D eigenvalue weighted by atomic mass is 10.3. The Hall–Kier alpha value is -2.65. The number of rotatable bonds is 4. The molecule has 0 aliphatic carbocycles. The summed E-state index contributed by atoms with van der Waals surface area (Å²) in [6.45, 7) is 4.43. The highest BCUT2D eigenvalue weighted by Crippen LogP contribution is 2.15. The van der Waals surface area contributed by atoms with E-state index in [0.29, 0.717) is 17.4 Å². The van der Waals surface area contributed by atoms with Gasteiger partial charge in [0.15, 0.2) is 6.67 Å². The van der Waals surface area contributed by atoms with E-state index in [1.807, 2.05) is 18.2 Å². The topological polar surface area (TPSA) is 77.3 Å². The highest BCUT2D eigenvalue weighted by Gasteiger charge is 2.22. The second kappa shape index (κ2) is 7.08.